The summed E-state index contributed by atoms with van der Waals surface area (Å²) in [5, 5.41) is 7.43. The van der Waals surface area contributed by atoms with Gasteiger partial charge in [-0.25, -0.2) is 4.79 Å². The molecule has 1 aliphatic heterocycles. The van der Waals surface area contributed by atoms with Gasteiger partial charge in [-0.3, -0.25) is 9.58 Å². The molecule has 0 saturated heterocycles. The number of nitrogens with zero attached hydrogens (tertiary/aromatic N) is 5. The molecule has 9 nitrogen and oxygen atoms in total. The Kier molecular flexibility index (Phi) is 4.92. The highest BCUT2D eigenvalue weighted by atomic mass is 32.2. The highest BCUT2D eigenvalue weighted by Crippen LogP contribution is 2.35. The summed E-state index contributed by atoms with van der Waals surface area (Å²) >= 11 is 0. The molecule has 160 valence electrons. The third-order valence-corrected chi connectivity index (χ3v) is 5.64. The van der Waals surface area contributed by atoms with Gasteiger partial charge in [0.2, 0.25) is 0 Å². The van der Waals surface area contributed by atoms with Gasteiger partial charge in [-0.15, -0.1) is 0 Å². The zero-order valence-electron chi connectivity index (χ0n) is 16.2. The van der Waals surface area contributed by atoms with Crippen molar-refractivity contribution in [1.82, 2.24) is 23.9 Å². The molecule has 3 rings (SSSR count). The molecule has 0 aliphatic carbocycles. The quantitative estimate of drug-likeness (QED) is 0.735. The maximum atomic E-state index is 13.4. The maximum Gasteiger partial charge on any atom is 0.434 e. The van der Waals surface area contributed by atoms with E-state index in [0.29, 0.717) is 20.5 Å². The van der Waals surface area contributed by atoms with Crippen LogP contribution in [0.25, 0.3) is 0 Å². The van der Waals surface area contributed by atoms with E-state index in [2.05, 4.69) is 10.2 Å². The number of aromatic nitrogens is 4. The van der Waals surface area contributed by atoms with Crippen LogP contribution in [-0.4, -0.2) is 44.0 Å². The number of rotatable bonds is 3. The molecule has 0 saturated carbocycles. The number of ether oxygens (including phenoxy) is 1. The third-order valence-electron chi connectivity index (χ3n) is 4.11. The monoisotopic (exact) mass is 435 g/mol. The summed E-state index contributed by atoms with van der Waals surface area (Å²) in [5.74, 6) is 0. The second-order valence-electron chi connectivity index (χ2n) is 7.49. The molecule has 0 spiro atoms. The van der Waals surface area contributed by atoms with Crippen LogP contribution in [0.15, 0.2) is 17.3 Å². The Morgan fingerprint density at radius 3 is 2.41 bits per heavy atom. The summed E-state index contributed by atoms with van der Waals surface area (Å²) in [5.41, 5.74) is -1.37. The van der Waals surface area contributed by atoms with E-state index >= 15 is 0 Å². The smallest absolute Gasteiger partial charge is 0.434 e. The first kappa shape index (κ1) is 21.1. The molecule has 0 fully saturated rings. The van der Waals surface area contributed by atoms with Gasteiger partial charge in [0, 0.05) is 18.3 Å². The highest BCUT2D eigenvalue weighted by Gasteiger charge is 2.43. The summed E-state index contributed by atoms with van der Waals surface area (Å²) in [6.07, 6.45) is -3.72. The fraction of sp³-hybridized carbons (Fsp3) is 0.562. The molecule has 0 aromatic carbocycles. The van der Waals surface area contributed by atoms with Crippen LogP contribution in [0.4, 0.5) is 18.0 Å². The minimum absolute atomic E-state index is 0.00683. The van der Waals surface area contributed by atoms with Crippen LogP contribution in [0.1, 0.15) is 44.6 Å². The predicted octanol–water partition coefficient (Wildman–Crippen LogP) is 2.61. The van der Waals surface area contributed by atoms with E-state index in [9.17, 15) is 26.4 Å². The lowest BCUT2D eigenvalue weighted by Gasteiger charge is -2.24. The van der Waals surface area contributed by atoms with Gasteiger partial charge in [-0.2, -0.15) is 35.9 Å². The van der Waals surface area contributed by atoms with Crippen LogP contribution in [0.5, 0.6) is 0 Å². The highest BCUT2D eigenvalue weighted by molar-refractivity contribution is 7.89. The number of alkyl halides is 3. The zero-order chi connectivity index (χ0) is 21.8. The van der Waals surface area contributed by atoms with Gasteiger partial charge in [0.25, 0.3) is 10.0 Å². The fourth-order valence-electron chi connectivity index (χ4n) is 2.89. The van der Waals surface area contributed by atoms with Gasteiger partial charge in [0.05, 0.1) is 25.0 Å². The van der Waals surface area contributed by atoms with E-state index in [1.54, 1.807) is 20.8 Å². The summed E-state index contributed by atoms with van der Waals surface area (Å²) in [4.78, 5) is 12.5. The van der Waals surface area contributed by atoms with Crippen LogP contribution >= 0.6 is 0 Å². The number of carbonyl (C=O) groups excluding carboxylic acids is 1. The Balaban J connectivity index is 1.90. The first-order valence-corrected chi connectivity index (χ1v) is 10.1. The van der Waals surface area contributed by atoms with Gasteiger partial charge >= 0.3 is 12.3 Å². The minimum atomic E-state index is -4.90. The van der Waals surface area contributed by atoms with Crippen LogP contribution in [0.3, 0.4) is 0 Å². The van der Waals surface area contributed by atoms with Crippen LogP contribution in [0.2, 0.25) is 0 Å². The summed E-state index contributed by atoms with van der Waals surface area (Å²) in [7, 11) is -4.62. The first-order valence-electron chi connectivity index (χ1n) is 8.68. The Hall–Kier alpha value is -2.57. The van der Waals surface area contributed by atoms with E-state index in [0.717, 1.165) is 6.20 Å². The molecule has 3 heterocycles. The van der Waals surface area contributed by atoms with Crippen molar-refractivity contribution in [3.05, 3.63) is 29.3 Å². The maximum absolute atomic E-state index is 13.4. The third kappa shape index (κ3) is 3.95. The molecule has 29 heavy (non-hydrogen) atoms. The first-order chi connectivity index (χ1) is 13.2. The molecule has 2 aromatic heterocycles. The van der Waals surface area contributed by atoms with Gasteiger partial charge in [0.1, 0.15) is 10.5 Å². The molecule has 0 bridgehead atoms. The van der Waals surface area contributed by atoms with Crippen molar-refractivity contribution in [2.75, 3.05) is 0 Å². The molecular formula is C16H20F3N5O4S. The Morgan fingerprint density at radius 2 is 1.90 bits per heavy atom. The lowest BCUT2D eigenvalue weighted by Crippen LogP contribution is -2.33. The molecule has 0 unspecified atom stereocenters. The number of hydrogen-bond acceptors (Lipinski definition) is 6. The molecule has 0 radical (unpaired) electrons. The van der Waals surface area contributed by atoms with E-state index in [1.165, 1.54) is 11.8 Å². The zero-order valence-corrected chi connectivity index (χ0v) is 17.0. The van der Waals surface area contributed by atoms with Gasteiger partial charge in [-0.1, -0.05) is 0 Å². The number of carbonyl (C=O) groups is 1. The minimum Gasteiger partial charge on any atom is -0.444 e. The van der Waals surface area contributed by atoms with Gasteiger partial charge in [0.15, 0.2) is 5.69 Å². The SMILES string of the molecule is CCn1ncc(S(=O)(=O)n2cc3c(n2)CN(C(=O)OC(C)(C)C)C3)c1C(F)(F)F. The lowest BCUT2D eigenvalue weighted by molar-refractivity contribution is -0.146. The Bertz CT molecular complexity index is 1030. The Labute approximate surface area is 165 Å². The van der Waals surface area contributed by atoms with Crippen molar-refractivity contribution in [2.45, 2.75) is 64.0 Å². The molecule has 2 aromatic rings. The van der Waals surface area contributed by atoms with Crippen LogP contribution < -0.4 is 0 Å². The van der Waals surface area contributed by atoms with Crippen molar-refractivity contribution in [2.24, 2.45) is 0 Å². The normalized spacial score (nSPS) is 14.9. The molecule has 0 N–H and O–H groups in total. The Morgan fingerprint density at radius 1 is 1.24 bits per heavy atom. The number of amides is 1. The second-order valence-corrected chi connectivity index (χ2v) is 9.25. The number of halogens is 3. The molecule has 1 amide bonds. The molecular weight excluding hydrogens is 415 g/mol. The van der Waals surface area contributed by atoms with Crippen molar-refractivity contribution < 1.29 is 31.1 Å². The van der Waals surface area contributed by atoms with E-state index in [4.69, 9.17) is 4.74 Å². The van der Waals surface area contributed by atoms with Crippen molar-refractivity contribution >= 4 is 16.1 Å². The fourth-order valence-corrected chi connectivity index (χ4v) is 4.21. The van der Waals surface area contributed by atoms with Crippen LogP contribution in [-0.2, 0) is 40.6 Å². The molecule has 0 atom stereocenters. The van der Waals surface area contributed by atoms with E-state index in [-0.39, 0.29) is 25.3 Å². The van der Waals surface area contributed by atoms with Crippen molar-refractivity contribution in [3.63, 3.8) is 0 Å². The van der Waals surface area contributed by atoms with Crippen molar-refractivity contribution in [3.8, 4) is 0 Å². The summed E-state index contributed by atoms with van der Waals surface area (Å²) in [6.45, 7) is 6.44. The topological polar surface area (TPSA) is 99.3 Å². The van der Waals surface area contributed by atoms with Crippen LogP contribution in [0, 0.1) is 0 Å². The predicted molar refractivity (Wildman–Crippen MR) is 93.2 cm³/mol. The molecule has 1 aliphatic rings. The number of hydrogen-bond donors (Lipinski definition) is 0. The van der Waals surface area contributed by atoms with Gasteiger partial charge < -0.3 is 4.74 Å². The van der Waals surface area contributed by atoms with Crippen molar-refractivity contribution in [1.29, 1.82) is 0 Å². The molecule has 13 heteroatoms. The average Bonchev–Trinajstić information content (AvgIpc) is 3.24. The number of aryl methyl sites for hydroxylation is 1. The summed E-state index contributed by atoms with van der Waals surface area (Å²) in [6, 6.07) is 0. The standard InChI is InChI=1S/C16H20F3N5O4S/c1-5-23-13(16(17,18)19)12(6-20-23)29(26,27)24-8-10-7-22(9-11(10)21-24)14(25)28-15(2,3)4/h6,8H,5,7,9H2,1-4H3. The second kappa shape index (κ2) is 6.75. The van der Waals surface area contributed by atoms with Gasteiger partial charge in [-0.05, 0) is 27.7 Å². The lowest BCUT2D eigenvalue weighted by atomic mass is 10.2. The summed E-state index contributed by atoms with van der Waals surface area (Å²) < 4.78 is 72.1. The largest absolute Gasteiger partial charge is 0.444 e. The van der Waals surface area contributed by atoms with E-state index in [1.807, 2.05) is 0 Å². The average molecular weight is 435 g/mol. The number of fused-ring (bicyclic) bond motifs is 1. The van der Waals surface area contributed by atoms with E-state index < -0.39 is 38.5 Å².